The largest absolute Gasteiger partial charge is 0.326 e. The highest BCUT2D eigenvalue weighted by Crippen LogP contribution is 2.21. The van der Waals surface area contributed by atoms with Crippen LogP contribution in [0.5, 0.6) is 0 Å². The van der Waals surface area contributed by atoms with E-state index in [2.05, 4.69) is 5.32 Å². The molecule has 0 aromatic heterocycles. The molecule has 23 heavy (non-hydrogen) atoms. The van der Waals surface area contributed by atoms with Gasteiger partial charge in [-0.05, 0) is 37.1 Å². The third-order valence-corrected chi connectivity index (χ3v) is 5.98. The smallest absolute Gasteiger partial charge is 0.238 e. The van der Waals surface area contributed by atoms with Crippen LogP contribution in [-0.2, 0) is 24.8 Å². The fourth-order valence-corrected chi connectivity index (χ4v) is 3.81. The maximum absolute atomic E-state index is 12.2. The number of anilines is 1. The van der Waals surface area contributed by atoms with E-state index in [1.54, 1.807) is 0 Å². The molecule has 0 atom stereocenters. The number of amides is 1. The average Bonchev–Trinajstić information content (AvgIpc) is 2.46. The molecule has 1 aromatic rings. The van der Waals surface area contributed by atoms with Crippen molar-refractivity contribution in [2.24, 2.45) is 11.1 Å². The standard InChI is InChI=1S/C13H19N3O5S2/c1-22(18,19)16-8-6-10(7-9-16)13(17)15-11-2-4-12(5-3-11)23(14,20)21/h2-5,10H,6-9H2,1H3,(H,15,17)(H2,14,20,21). The quantitative estimate of drug-likeness (QED) is 0.777. The number of carbonyl (C=O) groups is 1. The molecule has 1 aliphatic heterocycles. The van der Waals surface area contributed by atoms with Crippen LogP contribution in [0.1, 0.15) is 12.8 Å². The van der Waals surface area contributed by atoms with E-state index in [1.165, 1.54) is 28.6 Å². The summed E-state index contributed by atoms with van der Waals surface area (Å²) in [7, 11) is -6.98. The summed E-state index contributed by atoms with van der Waals surface area (Å²) in [6, 6.07) is 5.56. The highest BCUT2D eigenvalue weighted by Gasteiger charge is 2.28. The molecule has 1 amide bonds. The lowest BCUT2D eigenvalue weighted by atomic mass is 9.97. The van der Waals surface area contributed by atoms with Gasteiger partial charge in [0.25, 0.3) is 0 Å². The number of nitrogens with two attached hydrogens (primary N) is 1. The first-order chi connectivity index (χ1) is 10.6. The van der Waals surface area contributed by atoms with Crippen LogP contribution in [0.4, 0.5) is 5.69 Å². The molecule has 0 saturated carbocycles. The molecule has 1 aromatic carbocycles. The number of hydrogen-bond donors (Lipinski definition) is 2. The van der Waals surface area contributed by atoms with Crippen molar-refractivity contribution in [2.45, 2.75) is 17.7 Å². The molecule has 0 unspecified atom stereocenters. The Bertz CT molecular complexity index is 779. The van der Waals surface area contributed by atoms with Gasteiger partial charge in [0.05, 0.1) is 11.2 Å². The Morgan fingerprint density at radius 3 is 2.09 bits per heavy atom. The van der Waals surface area contributed by atoms with Crippen molar-refractivity contribution in [3.63, 3.8) is 0 Å². The second-order valence-corrected chi connectivity index (χ2v) is 9.04. The molecule has 1 fully saturated rings. The number of nitrogens with zero attached hydrogens (tertiary/aromatic N) is 1. The van der Waals surface area contributed by atoms with Gasteiger partial charge in [0.15, 0.2) is 0 Å². The van der Waals surface area contributed by atoms with Crippen molar-refractivity contribution in [1.29, 1.82) is 0 Å². The third kappa shape index (κ3) is 4.74. The van der Waals surface area contributed by atoms with Crippen molar-refractivity contribution in [2.75, 3.05) is 24.7 Å². The molecule has 2 rings (SSSR count). The zero-order chi connectivity index (χ0) is 17.3. The summed E-state index contributed by atoms with van der Waals surface area (Å²) >= 11 is 0. The van der Waals surface area contributed by atoms with Gasteiger partial charge in [-0.25, -0.2) is 26.3 Å². The van der Waals surface area contributed by atoms with Crippen LogP contribution >= 0.6 is 0 Å². The van der Waals surface area contributed by atoms with Gasteiger partial charge in [0, 0.05) is 24.7 Å². The number of primary sulfonamides is 1. The van der Waals surface area contributed by atoms with E-state index in [0.29, 0.717) is 31.6 Å². The molecular formula is C13H19N3O5S2. The van der Waals surface area contributed by atoms with Crippen LogP contribution < -0.4 is 10.5 Å². The molecule has 0 spiro atoms. The van der Waals surface area contributed by atoms with Crippen LogP contribution in [0.2, 0.25) is 0 Å². The summed E-state index contributed by atoms with van der Waals surface area (Å²) < 4.78 is 46.5. The summed E-state index contributed by atoms with van der Waals surface area (Å²) in [4.78, 5) is 12.2. The first-order valence-corrected chi connectivity index (χ1v) is 10.4. The van der Waals surface area contributed by atoms with E-state index in [4.69, 9.17) is 5.14 Å². The predicted molar refractivity (Wildman–Crippen MR) is 85.6 cm³/mol. The molecule has 128 valence electrons. The number of piperidine rings is 1. The van der Waals surface area contributed by atoms with Gasteiger partial charge in [-0.2, -0.15) is 0 Å². The third-order valence-electron chi connectivity index (χ3n) is 3.74. The number of carbonyl (C=O) groups excluding carboxylic acids is 1. The van der Waals surface area contributed by atoms with Crippen molar-refractivity contribution in [3.8, 4) is 0 Å². The normalized spacial score (nSPS) is 17.8. The van der Waals surface area contributed by atoms with Crippen molar-refractivity contribution in [1.82, 2.24) is 4.31 Å². The van der Waals surface area contributed by atoms with Gasteiger partial charge < -0.3 is 5.32 Å². The molecule has 1 saturated heterocycles. The summed E-state index contributed by atoms with van der Waals surface area (Å²) in [6.45, 7) is 0.641. The minimum atomic E-state index is -3.76. The summed E-state index contributed by atoms with van der Waals surface area (Å²) in [6.07, 6.45) is 2.06. The van der Waals surface area contributed by atoms with Gasteiger partial charge >= 0.3 is 0 Å². The van der Waals surface area contributed by atoms with Gasteiger partial charge in [-0.3, -0.25) is 4.79 Å². The lowest BCUT2D eigenvalue weighted by molar-refractivity contribution is -0.120. The van der Waals surface area contributed by atoms with Crippen LogP contribution in [0.25, 0.3) is 0 Å². The maximum atomic E-state index is 12.2. The van der Waals surface area contributed by atoms with E-state index in [9.17, 15) is 21.6 Å². The average molecular weight is 361 g/mol. The predicted octanol–water partition coefficient (Wildman–Crippen LogP) is -0.0559. The lowest BCUT2D eigenvalue weighted by Gasteiger charge is -2.29. The first kappa shape index (κ1) is 17.9. The fourth-order valence-electron chi connectivity index (χ4n) is 2.42. The molecule has 3 N–H and O–H groups in total. The van der Waals surface area contributed by atoms with Gasteiger partial charge in [0.2, 0.25) is 26.0 Å². The molecule has 0 radical (unpaired) electrons. The maximum Gasteiger partial charge on any atom is 0.238 e. The number of benzene rings is 1. The van der Waals surface area contributed by atoms with Crippen molar-refractivity contribution >= 4 is 31.6 Å². The Labute approximate surface area is 135 Å². The Balaban J connectivity index is 1.96. The van der Waals surface area contributed by atoms with E-state index >= 15 is 0 Å². The molecule has 8 nitrogen and oxygen atoms in total. The molecule has 1 heterocycles. The molecule has 1 aliphatic rings. The van der Waals surface area contributed by atoms with E-state index in [-0.39, 0.29) is 16.7 Å². The van der Waals surface area contributed by atoms with Crippen LogP contribution in [0.3, 0.4) is 0 Å². The Kier molecular flexibility index (Phi) is 5.09. The van der Waals surface area contributed by atoms with E-state index in [0.717, 1.165) is 6.26 Å². The SMILES string of the molecule is CS(=O)(=O)N1CCC(C(=O)Nc2ccc(S(N)(=O)=O)cc2)CC1. The second-order valence-electron chi connectivity index (χ2n) is 5.49. The zero-order valence-electron chi connectivity index (χ0n) is 12.6. The number of hydrogen-bond acceptors (Lipinski definition) is 5. The van der Waals surface area contributed by atoms with Crippen LogP contribution in [0.15, 0.2) is 29.2 Å². The Hall–Kier alpha value is -1.49. The molecule has 10 heteroatoms. The first-order valence-electron chi connectivity index (χ1n) is 6.96. The summed E-state index contributed by atoms with van der Waals surface area (Å²) in [5, 5.41) is 7.71. The van der Waals surface area contributed by atoms with E-state index < -0.39 is 20.0 Å². The number of sulfonamides is 2. The fraction of sp³-hybridized carbons (Fsp3) is 0.462. The number of rotatable bonds is 4. The highest BCUT2D eigenvalue weighted by molar-refractivity contribution is 7.89. The minimum Gasteiger partial charge on any atom is -0.326 e. The zero-order valence-corrected chi connectivity index (χ0v) is 14.2. The second kappa shape index (κ2) is 6.56. The Morgan fingerprint density at radius 2 is 1.65 bits per heavy atom. The topological polar surface area (TPSA) is 127 Å². The molecule has 0 aliphatic carbocycles. The van der Waals surface area contributed by atoms with Gasteiger partial charge in [0.1, 0.15) is 0 Å². The minimum absolute atomic E-state index is 0.0306. The van der Waals surface area contributed by atoms with Gasteiger partial charge in [-0.15, -0.1) is 0 Å². The Morgan fingerprint density at radius 1 is 1.13 bits per heavy atom. The summed E-state index contributed by atoms with van der Waals surface area (Å²) in [5.74, 6) is -0.479. The van der Waals surface area contributed by atoms with Crippen molar-refractivity contribution < 1.29 is 21.6 Å². The van der Waals surface area contributed by atoms with E-state index in [1.807, 2.05) is 0 Å². The lowest BCUT2D eigenvalue weighted by Crippen LogP contribution is -2.40. The molecule has 0 bridgehead atoms. The van der Waals surface area contributed by atoms with Crippen LogP contribution in [0, 0.1) is 5.92 Å². The molecular weight excluding hydrogens is 342 g/mol. The van der Waals surface area contributed by atoms with Crippen molar-refractivity contribution in [3.05, 3.63) is 24.3 Å². The highest BCUT2D eigenvalue weighted by atomic mass is 32.2. The van der Waals surface area contributed by atoms with Gasteiger partial charge in [-0.1, -0.05) is 0 Å². The summed E-state index contributed by atoms with van der Waals surface area (Å²) in [5.41, 5.74) is 0.466. The number of nitrogens with one attached hydrogen (secondary N) is 1. The monoisotopic (exact) mass is 361 g/mol. The van der Waals surface area contributed by atoms with Crippen LogP contribution in [-0.4, -0.2) is 46.4 Å².